The van der Waals surface area contributed by atoms with Gasteiger partial charge in [0.1, 0.15) is 5.75 Å². The fourth-order valence-electron chi connectivity index (χ4n) is 2.39. The van der Waals surface area contributed by atoms with Crippen LogP contribution < -0.4 is 0 Å². The molecule has 1 N–H and O–H groups in total. The topological polar surface area (TPSA) is 40.5 Å². The van der Waals surface area contributed by atoms with Gasteiger partial charge in [-0.05, 0) is 52.9 Å². The minimum Gasteiger partial charge on any atom is -0.507 e. The van der Waals surface area contributed by atoms with Crippen molar-refractivity contribution < 1.29 is 9.90 Å². The summed E-state index contributed by atoms with van der Waals surface area (Å²) in [4.78, 5) is 14.7. The number of amides is 1. The highest BCUT2D eigenvalue weighted by Crippen LogP contribution is 2.28. The van der Waals surface area contributed by atoms with Gasteiger partial charge in [-0.2, -0.15) is 0 Å². The molecule has 3 nitrogen and oxygen atoms in total. The van der Waals surface area contributed by atoms with E-state index in [0.717, 1.165) is 25.9 Å². The van der Waals surface area contributed by atoms with E-state index in [9.17, 15) is 9.90 Å². The molecule has 0 saturated carbocycles. The van der Waals surface area contributed by atoms with Crippen LogP contribution in [0.1, 0.15) is 30.1 Å². The summed E-state index contributed by atoms with van der Waals surface area (Å²) in [5.74, 6) is 0.751. The number of piperidine rings is 1. The average Bonchev–Trinajstić information content (AvgIpc) is 2.41. The first-order chi connectivity index (χ1) is 8.99. The fourth-order valence-corrected chi connectivity index (χ4v) is 3.17. The van der Waals surface area contributed by atoms with E-state index >= 15 is 0 Å². The van der Waals surface area contributed by atoms with Crippen LogP contribution in [-0.4, -0.2) is 33.8 Å². The van der Waals surface area contributed by atoms with Gasteiger partial charge in [0.25, 0.3) is 5.91 Å². The van der Waals surface area contributed by atoms with Crippen LogP contribution in [0.2, 0.25) is 0 Å². The quantitative estimate of drug-likeness (QED) is 0.780. The maximum absolute atomic E-state index is 12.3. The lowest BCUT2D eigenvalue weighted by Gasteiger charge is -2.33. The van der Waals surface area contributed by atoms with Crippen molar-refractivity contribution in [2.45, 2.75) is 24.6 Å². The molecular weight excluding hydrogens is 374 g/mol. The molecule has 104 valence electrons. The summed E-state index contributed by atoms with van der Waals surface area (Å²) in [5, 5.41) is 9.64. The number of benzene rings is 1. The molecule has 19 heavy (non-hydrogen) atoms. The molecule has 1 atom stereocenters. The standard InChI is InChI=1S/C14H17Br2NO2/c1-9(15)10-4-6-17(7-5-10)14(19)11-2-3-12(16)13(18)8-11/h2-3,8-10,18H,4-7H2,1H3. The summed E-state index contributed by atoms with van der Waals surface area (Å²) >= 11 is 6.83. The average molecular weight is 391 g/mol. The minimum atomic E-state index is 0.00322. The molecule has 1 unspecified atom stereocenters. The lowest BCUT2D eigenvalue weighted by molar-refractivity contribution is 0.0691. The fraction of sp³-hybridized carbons (Fsp3) is 0.500. The molecule has 0 radical (unpaired) electrons. The predicted octanol–water partition coefficient (Wildman–Crippen LogP) is 3.79. The monoisotopic (exact) mass is 389 g/mol. The Bertz CT molecular complexity index is 469. The summed E-state index contributed by atoms with van der Waals surface area (Å²) in [7, 11) is 0. The van der Waals surface area contributed by atoms with Crippen molar-refractivity contribution in [2.75, 3.05) is 13.1 Å². The van der Waals surface area contributed by atoms with Crippen LogP contribution in [0.4, 0.5) is 0 Å². The third kappa shape index (κ3) is 3.51. The molecule has 2 rings (SSSR count). The third-order valence-corrected chi connectivity index (χ3v) is 5.09. The number of phenols is 1. The molecule has 1 aromatic carbocycles. The maximum atomic E-state index is 12.3. The lowest BCUT2D eigenvalue weighted by atomic mass is 9.94. The molecule has 0 aliphatic carbocycles. The Morgan fingerprint density at radius 1 is 1.42 bits per heavy atom. The lowest BCUT2D eigenvalue weighted by Crippen LogP contribution is -2.39. The van der Waals surface area contributed by atoms with E-state index in [1.807, 2.05) is 4.90 Å². The van der Waals surface area contributed by atoms with E-state index in [1.165, 1.54) is 6.07 Å². The first-order valence-electron chi connectivity index (χ1n) is 6.41. The van der Waals surface area contributed by atoms with E-state index < -0.39 is 0 Å². The van der Waals surface area contributed by atoms with Gasteiger partial charge in [0, 0.05) is 23.5 Å². The van der Waals surface area contributed by atoms with Gasteiger partial charge in [0.05, 0.1) is 4.47 Å². The first kappa shape index (κ1) is 14.9. The number of phenolic OH excluding ortho intramolecular Hbond substituents is 1. The number of likely N-dealkylation sites (tertiary alicyclic amines) is 1. The molecule has 1 aliphatic heterocycles. The predicted molar refractivity (Wildman–Crippen MR) is 82.8 cm³/mol. The van der Waals surface area contributed by atoms with Crippen molar-refractivity contribution in [3.63, 3.8) is 0 Å². The normalized spacial score (nSPS) is 18.4. The second-order valence-electron chi connectivity index (χ2n) is 4.97. The van der Waals surface area contributed by atoms with Crippen molar-refractivity contribution in [3.8, 4) is 5.75 Å². The molecule has 1 aromatic rings. The number of alkyl halides is 1. The van der Waals surface area contributed by atoms with Crippen LogP contribution in [0.3, 0.4) is 0 Å². The van der Waals surface area contributed by atoms with E-state index in [1.54, 1.807) is 12.1 Å². The van der Waals surface area contributed by atoms with E-state index in [0.29, 0.717) is 20.8 Å². The number of carbonyl (C=O) groups excluding carboxylic acids is 1. The van der Waals surface area contributed by atoms with Crippen LogP contribution in [-0.2, 0) is 0 Å². The smallest absolute Gasteiger partial charge is 0.253 e. The van der Waals surface area contributed by atoms with Crippen molar-refractivity contribution in [1.29, 1.82) is 0 Å². The number of hydrogen-bond acceptors (Lipinski definition) is 2. The number of nitrogens with zero attached hydrogens (tertiary/aromatic N) is 1. The zero-order chi connectivity index (χ0) is 14.0. The summed E-state index contributed by atoms with van der Waals surface area (Å²) in [5.41, 5.74) is 0.547. The number of rotatable bonds is 2. The molecule has 1 aliphatic rings. The highest BCUT2D eigenvalue weighted by molar-refractivity contribution is 9.10. The Morgan fingerprint density at radius 3 is 2.58 bits per heavy atom. The number of hydrogen-bond donors (Lipinski definition) is 1. The Balaban J connectivity index is 2.03. The van der Waals surface area contributed by atoms with Gasteiger partial charge in [0.2, 0.25) is 0 Å². The summed E-state index contributed by atoms with van der Waals surface area (Å²) in [6, 6.07) is 4.97. The molecule has 0 aromatic heterocycles. The van der Waals surface area contributed by atoms with Crippen molar-refractivity contribution in [1.82, 2.24) is 4.90 Å². The molecule has 1 saturated heterocycles. The Labute approximate surface area is 130 Å². The minimum absolute atomic E-state index is 0.00322. The summed E-state index contributed by atoms with van der Waals surface area (Å²) in [6.45, 7) is 3.74. The highest BCUT2D eigenvalue weighted by Gasteiger charge is 2.26. The molecule has 1 heterocycles. The van der Waals surface area contributed by atoms with Gasteiger partial charge in [-0.1, -0.05) is 22.9 Å². The maximum Gasteiger partial charge on any atom is 0.253 e. The van der Waals surface area contributed by atoms with Crippen LogP contribution in [0.5, 0.6) is 5.75 Å². The van der Waals surface area contributed by atoms with Gasteiger partial charge < -0.3 is 10.0 Å². The van der Waals surface area contributed by atoms with Gasteiger partial charge in [0.15, 0.2) is 0 Å². The van der Waals surface area contributed by atoms with Crippen molar-refractivity contribution in [3.05, 3.63) is 28.2 Å². The Morgan fingerprint density at radius 2 is 2.05 bits per heavy atom. The number of carbonyl (C=O) groups is 1. The van der Waals surface area contributed by atoms with Gasteiger partial charge in [-0.3, -0.25) is 4.79 Å². The van der Waals surface area contributed by atoms with Crippen molar-refractivity contribution in [2.24, 2.45) is 5.92 Å². The third-order valence-electron chi connectivity index (χ3n) is 3.67. The van der Waals surface area contributed by atoms with Crippen LogP contribution in [0, 0.1) is 5.92 Å². The molecule has 1 fully saturated rings. The zero-order valence-electron chi connectivity index (χ0n) is 10.8. The summed E-state index contributed by atoms with van der Waals surface area (Å²) < 4.78 is 0.607. The number of aromatic hydroxyl groups is 1. The van der Waals surface area contributed by atoms with Crippen LogP contribution in [0.25, 0.3) is 0 Å². The largest absolute Gasteiger partial charge is 0.507 e. The molecule has 1 amide bonds. The van der Waals surface area contributed by atoms with Crippen molar-refractivity contribution >= 4 is 37.8 Å². The SMILES string of the molecule is CC(Br)C1CCN(C(=O)c2ccc(Br)c(O)c2)CC1. The van der Waals surface area contributed by atoms with Gasteiger partial charge in [-0.25, -0.2) is 0 Å². The van der Waals surface area contributed by atoms with E-state index in [-0.39, 0.29) is 11.7 Å². The first-order valence-corrected chi connectivity index (χ1v) is 8.11. The number of halogens is 2. The van der Waals surface area contributed by atoms with Crippen LogP contribution >= 0.6 is 31.9 Å². The molecular formula is C14H17Br2NO2. The van der Waals surface area contributed by atoms with E-state index in [4.69, 9.17) is 0 Å². The highest BCUT2D eigenvalue weighted by atomic mass is 79.9. The van der Waals surface area contributed by atoms with Crippen LogP contribution in [0.15, 0.2) is 22.7 Å². The Hall–Kier alpha value is -0.550. The molecule has 5 heteroatoms. The van der Waals surface area contributed by atoms with Gasteiger partial charge in [-0.15, -0.1) is 0 Å². The van der Waals surface area contributed by atoms with Gasteiger partial charge >= 0.3 is 0 Å². The second-order valence-corrected chi connectivity index (χ2v) is 7.27. The zero-order valence-corrected chi connectivity index (χ0v) is 13.9. The molecule has 0 bridgehead atoms. The Kier molecular flexibility index (Phi) is 4.90. The molecule has 0 spiro atoms. The summed E-state index contributed by atoms with van der Waals surface area (Å²) in [6.07, 6.45) is 2.06. The second kappa shape index (κ2) is 6.27. The van der Waals surface area contributed by atoms with E-state index in [2.05, 4.69) is 38.8 Å².